The minimum Gasteiger partial charge on any atom is -0.320 e. The topological polar surface area (TPSA) is 26.0 Å². The predicted octanol–water partition coefficient (Wildman–Crippen LogP) is 4.17. The molecule has 0 bridgehead atoms. The molecule has 16 heavy (non-hydrogen) atoms. The third-order valence-electron chi connectivity index (χ3n) is 2.40. The van der Waals surface area contributed by atoms with Crippen molar-refractivity contribution >= 4 is 34.7 Å². The minimum atomic E-state index is -0.129. The monoisotopic (exact) mass is 269 g/mol. The summed E-state index contributed by atoms with van der Waals surface area (Å²) >= 11 is 9.42. The van der Waals surface area contributed by atoms with Crippen molar-refractivity contribution in [2.75, 3.05) is 6.26 Å². The molecule has 1 heterocycles. The molecule has 0 fully saturated rings. The molecule has 0 saturated heterocycles. The minimum absolute atomic E-state index is 0.129. The molecule has 0 spiro atoms. The molecule has 1 aromatic heterocycles. The number of benzene rings is 1. The summed E-state index contributed by atoms with van der Waals surface area (Å²) in [7, 11) is 0. The van der Waals surface area contributed by atoms with E-state index in [-0.39, 0.29) is 6.04 Å². The number of rotatable bonds is 3. The Balaban J connectivity index is 2.41. The molecule has 2 N–H and O–H groups in total. The molecular formula is C12H12ClNS2. The van der Waals surface area contributed by atoms with Crippen LogP contribution in [0.2, 0.25) is 5.02 Å². The zero-order chi connectivity index (χ0) is 11.5. The van der Waals surface area contributed by atoms with E-state index < -0.39 is 0 Å². The summed E-state index contributed by atoms with van der Waals surface area (Å²) in [4.78, 5) is 2.24. The lowest BCUT2D eigenvalue weighted by Crippen LogP contribution is -2.11. The Hall–Kier alpha value is -0.480. The zero-order valence-corrected chi connectivity index (χ0v) is 11.2. The largest absolute Gasteiger partial charge is 0.320 e. The zero-order valence-electron chi connectivity index (χ0n) is 8.81. The van der Waals surface area contributed by atoms with Crippen LogP contribution in [0.25, 0.3) is 0 Å². The summed E-state index contributed by atoms with van der Waals surface area (Å²) < 4.78 is 0. The van der Waals surface area contributed by atoms with E-state index in [0.717, 1.165) is 15.5 Å². The Kier molecular flexibility index (Phi) is 3.92. The van der Waals surface area contributed by atoms with Gasteiger partial charge in [0.1, 0.15) is 0 Å². The predicted molar refractivity (Wildman–Crippen MR) is 73.6 cm³/mol. The molecule has 0 aliphatic heterocycles. The summed E-state index contributed by atoms with van der Waals surface area (Å²) in [6.45, 7) is 0. The molecule has 4 heteroatoms. The average molecular weight is 270 g/mol. The first-order chi connectivity index (χ1) is 7.74. The summed E-state index contributed by atoms with van der Waals surface area (Å²) in [5.41, 5.74) is 7.39. The Bertz CT molecular complexity index is 481. The van der Waals surface area contributed by atoms with Gasteiger partial charge in [0.15, 0.2) is 0 Å². The van der Waals surface area contributed by atoms with Gasteiger partial charge >= 0.3 is 0 Å². The number of hydrogen-bond acceptors (Lipinski definition) is 3. The molecule has 0 saturated carbocycles. The van der Waals surface area contributed by atoms with Gasteiger partial charge in [0.25, 0.3) is 0 Å². The first-order valence-electron chi connectivity index (χ1n) is 4.85. The second-order valence-corrected chi connectivity index (χ2v) is 5.56. The van der Waals surface area contributed by atoms with Crippen LogP contribution in [-0.2, 0) is 0 Å². The van der Waals surface area contributed by atoms with Crippen LogP contribution >= 0.6 is 34.7 Å². The second kappa shape index (κ2) is 5.23. The molecule has 0 aliphatic carbocycles. The van der Waals surface area contributed by atoms with Crippen molar-refractivity contribution < 1.29 is 0 Å². The lowest BCUT2D eigenvalue weighted by atomic mass is 10.1. The Morgan fingerprint density at radius 1 is 1.31 bits per heavy atom. The van der Waals surface area contributed by atoms with Crippen LogP contribution in [-0.4, -0.2) is 6.26 Å². The quantitative estimate of drug-likeness (QED) is 0.847. The van der Waals surface area contributed by atoms with Crippen molar-refractivity contribution in [3.8, 4) is 0 Å². The fraction of sp³-hybridized carbons (Fsp3) is 0.167. The third-order valence-corrected chi connectivity index (χ3v) is 4.65. The van der Waals surface area contributed by atoms with Gasteiger partial charge < -0.3 is 5.73 Å². The number of halogens is 1. The molecule has 0 aliphatic rings. The van der Waals surface area contributed by atoms with Crippen LogP contribution in [0.15, 0.2) is 40.6 Å². The second-order valence-electron chi connectivity index (χ2n) is 3.35. The first-order valence-corrected chi connectivity index (χ1v) is 7.33. The van der Waals surface area contributed by atoms with Gasteiger partial charge in [0.05, 0.1) is 11.1 Å². The van der Waals surface area contributed by atoms with Crippen LogP contribution in [0.5, 0.6) is 0 Å². The molecular weight excluding hydrogens is 258 g/mol. The molecule has 84 valence electrons. The van der Waals surface area contributed by atoms with Gasteiger partial charge in [-0.25, -0.2) is 0 Å². The fourth-order valence-electron chi connectivity index (χ4n) is 1.59. The summed E-state index contributed by atoms with van der Waals surface area (Å²) in [6.07, 6.45) is 2.06. The standard InChI is InChI=1S/C12H12ClNS2/c1-15-10-5-3-2-4-8(10)11(14)12-9(13)6-7-16-12/h2-7,11H,14H2,1H3. The summed E-state index contributed by atoms with van der Waals surface area (Å²) in [5.74, 6) is 0. The van der Waals surface area contributed by atoms with Crippen LogP contribution in [0, 0.1) is 0 Å². The molecule has 0 radical (unpaired) electrons. The fourth-order valence-corrected chi connectivity index (χ4v) is 3.43. The highest BCUT2D eigenvalue weighted by Crippen LogP contribution is 2.34. The van der Waals surface area contributed by atoms with Gasteiger partial charge in [-0.3, -0.25) is 0 Å². The Labute approximate surface area is 109 Å². The summed E-state index contributed by atoms with van der Waals surface area (Å²) in [6, 6.07) is 9.95. The van der Waals surface area contributed by atoms with Gasteiger partial charge in [-0.2, -0.15) is 0 Å². The van der Waals surface area contributed by atoms with Gasteiger partial charge in [0, 0.05) is 9.77 Å². The van der Waals surface area contributed by atoms with Gasteiger partial charge in [-0.1, -0.05) is 29.8 Å². The molecule has 2 rings (SSSR count). The first kappa shape index (κ1) is 12.0. The van der Waals surface area contributed by atoms with Crippen molar-refractivity contribution in [1.82, 2.24) is 0 Å². The van der Waals surface area contributed by atoms with E-state index in [1.165, 1.54) is 4.90 Å². The smallest absolute Gasteiger partial charge is 0.0672 e. The van der Waals surface area contributed by atoms with Gasteiger partial charge in [-0.05, 0) is 29.3 Å². The highest BCUT2D eigenvalue weighted by atomic mass is 35.5. The highest BCUT2D eigenvalue weighted by molar-refractivity contribution is 7.98. The number of hydrogen-bond donors (Lipinski definition) is 1. The van der Waals surface area contributed by atoms with Crippen LogP contribution in [0.3, 0.4) is 0 Å². The van der Waals surface area contributed by atoms with Crippen molar-refractivity contribution in [3.05, 3.63) is 51.2 Å². The maximum absolute atomic E-state index is 6.25. The van der Waals surface area contributed by atoms with Crippen LogP contribution < -0.4 is 5.73 Å². The molecule has 1 unspecified atom stereocenters. The SMILES string of the molecule is CSc1ccccc1C(N)c1sccc1Cl. The Morgan fingerprint density at radius 2 is 2.06 bits per heavy atom. The average Bonchev–Trinajstić information content (AvgIpc) is 2.74. The third kappa shape index (κ3) is 2.28. The van der Waals surface area contributed by atoms with E-state index in [9.17, 15) is 0 Å². The van der Waals surface area contributed by atoms with E-state index in [2.05, 4.69) is 18.4 Å². The van der Waals surface area contributed by atoms with E-state index >= 15 is 0 Å². The molecule has 2 aromatic rings. The van der Waals surface area contributed by atoms with Gasteiger partial charge in [0.2, 0.25) is 0 Å². The van der Waals surface area contributed by atoms with Crippen molar-refractivity contribution in [2.24, 2.45) is 5.73 Å². The van der Waals surface area contributed by atoms with Crippen molar-refractivity contribution in [2.45, 2.75) is 10.9 Å². The number of nitrogens with two attached hydrogens (primary N) is 1. The Morgan fingerprint density at radius 3 is 2.69 bits per heavy atom. The maximum atomic E-state index is 6.25. The van der Waals surface area contributed by atoms with Crippen LogP contribution in [0.1, 0.15) is 16.5 Å². The van der Waals surface area contributed by atoms with Crippen LogP contribution in [0.4, 0.5) is 0 Å². The van der Waals surface area contributed by atoms with Crippen molar-refractivity contribution in [1.29, 1.82) is 0 Å². The van der Waals surface area contributed by atoms with E-state index in [1.54, 1.807) is 23.1 Å². The normalized spacial score (nSPS) is 12.7. The summed E-state index contributed by atoms with van der Waals surface area (Å²) in [5, 5.41) is 2.73. The maximum Gasteiger partial charge on any atom is 0.0672 e. The van der Waals surface area contributed by atoms with E-state index in [0.29, 0.717) is 0 Å². The van der Waals surface area contributed by atoms with Crippen molar-refractivity contribution in [3.63, 3.8) is 0 Å². The lowest BCUT2D eigenvalue weighted by molar-refractivity contribution is 0.868. The molecule has 1 nitrogen and oxygen atoms in total. The van der Waals surface area contributed by atoms with E-state index in [4.69, 9.17) is 17.3 Å². The van der Waals surface area contributed by atoms with E-state index in [1.807, 2.05) is 23.6 Å². The van der Waals surface area contributed by atoms with Gasteiger partial charge in [-0.15, -0.1) is 23.1 Å². The number of thioether (sulfide) groups is 1. The number of thiophene rings is 1. The molecule has 1 aromatic carbocycles. The highest BCUT2D eigenvalue weighted by Gasteiger charge is 2.16. The molecule has 1 atom stereocenters. The molecule has 0 amide bonds. The lowest BCUT2D eigenvalue weighted by Gasteiger charge is -2.14.